The fourth-order valence-electron chi connectivity index (χ4n) is 3.41. The fraction of sp³-hybridized carbons (Fsp3) is 0.938. The zero-order valence-electron chi connectivity index (χ0n) is 14.3. The van der Waals surface area contributed by atoms with Crippen LogP contribution >= 0.6 is 35.7 Å². The zero-order chi connectivity index (χ0) is 15.1. The summed E-state index contributed by atoms with van der Waals surface area (Å²) >= 11 is 2.00. The molecule has 0 bridgehead atoms. The number of likely N-dealkylation sites (tertiary alicyclic amines) is 1. The number of hydrogen-bond acceptors (Lipinski definition) is 3. The number of nitrogens with zero attached hydrogens (tertiary/aromatic N) is 2. The van der Waals surface area contributed by atoms with E-state index >= 15 is 0 Å². The Morgan fingerprint density at radius 2 is 2.05 bits per heavy atom. The van der Waals surface area contributed by atoms with Crippen molar-refractivity contribution in [1.29, 1.82) is 0 Å². The summed E-state index contributed by atoms with van der Waals surface area (Å²) in [5.41, 5.74) is 0. The van der Waals surface area contributed by atoms with Gasteiger partial charge in [-0.3, -0.25) is 4.99 Å². The molecule has 130 valence electrons. The lowest BCUT2D eigenvalue weighted by Crippen LogP contribution is -2.45. The summed E-state index contributed by atoms with van der Waals surface area (Å²) in [6.07, 6.45) is 8.85. The second-order valence-corrected chi connectivity index (χ2v) is 7.72. The van der Waals surface area contributed by atoms with Gasteiger partial charge in [0.2, 0.25) is 0 Å². The predicted octanol–water partition coefficient (Wildman–Crippen LogP) is 2.79. The molecule has 2 N–H and O–H groups in total. The normalized spacial score (nSPS) is 27.5. The van der Waals surface area contributed by atoms with Gasteiger partial charge in [0, 0.05) is 31.4 Å². The van der Waals surface area contributed by atoms with Gasteiger partial charge in [-0.1, -0.05) is 6.92 Å². The highest BCUT2D eigenvalue weighted by Gasteiger charge is 2.24. The molecule has 1 aliphatic heterocycles. The van der Waals surface area contributed by atoms with E-state index in [1.165, 1.54) is 51.7 Å². The van der Waals surface area contributed by atoms with Crippen LogP contribution < -0.4 is 10.6 Å². The second-order valence-electron chi connectivity index (χ2n) is 6.58. The van der Waals surface area contributed by atoms with Crippen molar-refractivity contribution < 1.29 is 0 Å². The molecule has 2 rings (SSSR count). The van der Waals surface area contributed by atoms with Crippen molar-refractivity contribution in [2.45, 2.75) is 50.3 Å². The van der Waals surface area contributed by atoms with Gasteiger partial charge in [-0.25, -0.2) is 0 Å². The maximum Gasteiger partial charge on any atom is 0.191 e. The van der Waals surface area contributed by atoms with Gasteiger partial charge in [0.1, 0.15) is 0 Å². The Hall–Kier alpha value is 0.310. The highest BCUT2D eigenvalue weighted by molar-refractivity contribution is 14.0. The minimum Gasteiger partial charge on any atom is -0.356 e. The molecule has 3 unspecified atom stereocenters. The molecule has 0 aromatic rings. The summed E-state index contributed by atoms with van der Waals surface area (Å²) in [5, 5.41) is 7.93. The molecule has 2 fully saturated rings. The summed E-state index contributed by atoms with van der Waals surface area (Å²) in [7, 11) is 1.88. The molecule has 3 atom stereocenters. The Bertz CT molecular complexity index is 334. The molecule has 1 saturated heterocycles. The van der Waals surface area contributed by atoms with Crippen LogP contribution in [0, 0.1) is 5.92 Å². The quantitative estimate of drug-likeness (QED) is 0.379. The average molecular weight is 440 g/mol. The van der Waals surface area contributed by atoms with Crippen LogP contribution in [0.25, 0.3) is 0 Å². The van der Waals surface area contributed by atoms with Gasteiger partial charge in [0.25, 0.3) is 0 Å². The Labute approximate surface area is 157 Å². The van der Waals surface area contributed by atoms with Crippen LogP contribution in [0.5, 0.6) is 0 Å². The molecule has 0 aromatic carbocycles. The third-order valence-corrected chi connectivity index (χ3v) is 5.76. The number of thioether (sulfide) groups is 1. The first-order valence-electron chi connectivity index (χ1n) is 8.43. The van der Waals surface area contributed by atoms with Crippen LogP contribution in [0.15, 0.2) is 4.99 Å². The molecular formula is C16H33IN4S. The lowest BCUT2D eigenvalue weighted by molar-refractivity contribution is 0.287. The van der Waals surface area contributed by atoms with E-state index in [0.29, 0.717) is 12.0 Å². The van der Waals surface area contributed by atoms with Gasteiger partial charge in [-0.15, -0.1) is 24.0 Å². The maximum atomic E-state index is 4.38. The Morgan fingerprint density at radius 3 is 2.64 bits per heavy atom. The third kappa shape index (κ3) is 6.83. The van der Waals surface area contributed by atoms with Crippen molar-refractivity contribution in [1.82, 2.24) is 15.5 Å². The van der Waals surface area contributed by atoms with E-state index < -0.39 is 0 Å². The molecule has 0 spiro atoms. The van der Waals surface area contributed by atoms with E-state index in [4.69, 9.17) is 0 Å². The minimum atomic E-state index is 0. The van der Waals surface area contributed by atoms with Crippen LogP contribution in [-0.2, 0) is 0 Å². The predicted molar refractivity (Wildman–Crippen MR) is 110 cm³/mol. The first-order valence-corrected chi connectivity index (χ1v) is 9.72. The van der Waals surface area contributed by atoms with Crippen LogP contribution in [-0.4, -0.2) is 61.6 Å². The maximum absolute atomic E-state index is 4.38. The molecule has 1 heterocycles. The summed E-state index contributed by atoms with van der Waals surface area (Å²) in [4.78, 5) is 6.97. The largest absolute Gasteiger partial charge is 0.356 e. The van der Waals surface area contributed by atoms with E-state index in [0.717, 1.165) is 17.8 Å². The summed E-state index contributed by atoms with van der Waals surface area (Å²) < 4.78 is 0. The number of guanidine groups is 1. The highest BCUT2D eigenvalue weighted by Crippen LogP contribution is 2.27. The molecule has 22 heavy (non-hydrogen) atoms. The van der Waals surface area contributed by atoms with E-state index in [1.807, 2.05) is 18.8 Å². The van der Waals surface area contributed by atoms with Crippen molar-refractivity contribution in [2.24, 2.45) is 10.9 Å². The summed E-state index contributed by atoms with van der Waals surface area (Å²) in [6, 6.07) is 0.600. The molecule has 1 aliphatic carbocycles. The summed E-state index contributed by atoms with van der Waals surface area (Å²) in [5.74, 6) is 1.65. The van der Waals surface area contributed by atoms with E-state index in [1.54, 1.807) is 0 Å². The molecule has 0 aromatic heterocycles. The Balaban J connectivity index is 0.00000242. The van der Waals surface area contributed by atoms with Crippen LogP contribution in [0.2, 0.25) is 0 Å². The fourth-order valence-corrected chi connectivity index (χ4v) is 4.21. The molecule has 4 nitrogen and oxygen atoms in total. The average Bonchev–Trinajstić information content (AvgIpc) is 3.14. The van der Waals surface area contributed by atoms with Crippen LogP contribution in [0.1, 0.15) is 39.0 Å². The monoisotopic (exact) mass is 440 g/mol. The standard InChI is InChI=1S/C16H32N4S.HI/c1-13(12-20-8-4-5-9-20)11-18-16(17-2)19-14-6-7-15(10-14)21-3;/h13-15H,4-12H2,1-3H3,(H2,17,18,19);1H. The first-order chi connectivity index (χ1) is 10.2. The molecule has 6 heteroatoms. The van der Waals surface area contributed by atoms with Crippen LogP contribution in [0.4, 0.5) is 0 Å². The van der Waals surface area contributed by atoms with Gasteiger partial charge in [0.05, 0.1) is 0 Å². The van der Waals surface area contributed by atoms with Crippen molar-refractivity contribution in [3.63, 3.8) is 0 Å². The molecule has 0 radical (unpaired) electrons. The Kier molecular flexibility index (Phi) is 10.1. The second kappa shape index (κ2) is 11.0. The van der Waals surface area contributed by atoms with Crippen molar-refractivity contribution in [3.05, 3.63) is 0 Å². The lowest BCUT2D eigenvalue weighted by Gasteiger charge is -2.22. The van der Waals surface area contributed by atoms with Gasteiger partial charge >= 0.3 is 0 Å². The molecule has 0 amide bonds. The van der Waals surface area contributed by atoms with Gasteiger partial charge in [-0.2, -0.15) is 11.8 Å². The number of aliphatic imine (C=N–C) groups is 1. The minimum absolute atomic E-state index is 0. The number of hydrogen-bond donors (Lipinski definition) is 2. The van der Waals surface area contributed by atoms with E-state index in [-0.39, 0.29) is 24.0 Å². The third-order valence-electron chi connectivity index (χ3n) is 4.67. The van der Waals surface area contributed by atoms with E-state index in [2.05, 4.69) is 33.7 Å². The van der Waals surface area contributed by atoms with Gasteiger partial charge < -0.3 is 15.5 Å². The van der Waals surface area contributed by atoms with E-state index in [9.17, 15) is 0 Å². The number of nitrogens with one attached hydrogen (secondary N) is 2. The highest BCUT2D eigenvalue weighted by atomic mass is 127. The molecule has 1 saturated carbocycles. The first kappa shape index (κ1) is 20.4. The van der Waals surface area contributed by atoms with Crippen LogP contribution in [0.3, 0.4) is 0 Å². The van der Waals surface area contributed by atoms with Gasteiger partial charge in [0.15, 0.2) is 5.96 Å². The lowest BCUT2D eigenvalue weighted by atomic mass is 10.1. The SMILES string of the molecule is CN=C(NCC(C)CN1CCCC1)NC1CCC(SC)C1.I. The molecule has 2 aliphatic rings. The van der Waals surface area contributed by atoms with Crippen molar-refractivity contribution in [3.8, 4) is 0 Å². The van der Waals surface area contributed by atoms with Crippen molar-refractivity contribution >= 4 is 41.7 Å². The summed E-state index contributed by atoms with van der Waals surface area (Å²) in [6.45, 7) is 7.12. The number of halogens is 1. The smallest absolute Gasteiger partial charge is 0.191 e. The topological polar surface area (TPSA) is 39.7 Å². The zero-order valence-corrected chi connectivity index (χ0v) is 17.5. The van der Waals surface area contributed by atoms with Gasteiger partial charge in [-0.05, 0) is 57.4 Å². The number of rotatable bonds is 6. The Morgan fingerprint density at radius 1 is 1.32 bits per heavy atom. The van der Waals surface area contributed by atoms with Crippen molar-refractivity contribution in [2.75, 3.05) is 39.5 Å². The molecular weight excluding hydrogens is 407 g/mol.